The summed E-state index contributed by atoms with van der Waals surface area (Å²) in [7, 11) is 1.54. The minimum atomic E-state index is -1.07. The molecule has 0 heterocycles. The summed E-state index contributed by atoms with van der Waals surface area (Å²) < 4.78 is 11.0. The lowest BCUT2D eigenvalue weighted by molar-refractivity contribution is -0.155. The third-order valence-corrected chi connectivity index (χ3v) is 5.04. The van der Waals surface area contributed by atoms with Crippen molar-refractivity contribution >= 4 is 17.6 Å². The Labute approximate surface area is 183 Å². The molecule has 0 spiro atoms. The number of amides is 1. The predicted octanol–water partition coefficient (Wildman–Crippen LogP) is 5.42. The number of carbonyl (C=O) groups excluding carboxylic acids is 2. The number of esters is 1. The number of ether oxygens (including phenoxy) is 2. The van der Waals surface area contributed by atoms with Crippen LogP contribution in [-0.2, 0) is 14.3 Å². The quantitative estimate of drug-likeness (QED) is 0.497. The van der Waals surface area contributed by atoms with Gasteiger partial charge >= 0.3 is 5.97 Å². The first-order chi connectivity index (χ1) is 15.0. The average molecular weight is 418 g/mol. The van der Waals surface area contributed by atoms with E-state index in [1.165, 1.54) is 0 Å². The van der Waals surface area contributed by atoms with E-state index in [0.717, 1.165) is 11.1 Å². The molecule has 5 heteroatoms. The maximum atomic E-state index is 13.1. The second-order valence-electron chi connectivity index (χ2n) is 7.49. The molecule has 2 atom stereocenters. The van der Waals surface area contributed by atoms with Crippen LogP contribution in [0.2, 0.25) is 0 Å². The summed E-state index contributed by atoms with van der Waals surface area (Å²) in [5, 5.41) is 2.85. The van der Waals surface area contributed by atoms with Gasteiger partial charge in [-0.1, -0.05) is 73.7 Å². The van der Waals surface area contributed by atoms with Crippen molar-refractivity contribution in [1.82, 2.24) is 0 Å². The highest BCUT2D eigenvalue weighted by Crippen LogP contribution is 2.28. The predicted molar refractivity (Wildman–Crippen MR) is 121 cm³/mol. The van der Waals surface area contributed by atoms with E-state index >= 15 is 0 Å². The van der Waals surface area contributed by atoms with Gasteiger partial charge in [-0.2, -0.15) is 0 Å². The van der Waals surface area contributed by atoms with Gasteiger partial charge in [-0.25, -0.2) is 0 Å². The van der Waals surface area contributed by atoms with E-state index in [4.69, 9.17) is 9.47 Å². The summed E-state index contributed by atoms with van der Waals surface area (Å²) in [5.74, 6) is -0.354. The number of methoxy groups -OCH3 is 1. The van der Waals surface area contributed by atoms with Gasteiger partial charge in [0.1, 0.15) is 5.75 Å². The van der Waals surface area contributed by atoms with Gasteiger partial charge in [-0.3, -0.25) is 9.59 Å². The fourth-order valence-corrected chi connectivity index (χ4v) is 3.35. The van der Waals surface area contributed by atoms with Gasteiger partial charge in [0.05, 0.1) is 19.2 Å². The van der Waals surface area contributed by atoms with E-state index in [0.29, 0.717) is 17.0 Å². The van der Waals surface area contributed by atoms with Crippen molar-refractivity contribution in [1.29, 1.82) is 0 Å². The molecule has 0 saturated carbocycles. The number of hydrogen-bond acceptors (Lipinski definition) is 4. The highest BCUT2D eigenvalue weighted by atomic mass is 16.5. The maximum Gasteiger partial charge on any atom is 0.307 e. The molecule has 1 amide bonds. The highest BCUT2D eigenvalue weighted by molar-refractivity contribution is 5.97. The van der Waals surface area contributed by atoms with Crippen molar-refractivity contribution in [2.75, 3.05) is 12.4 Å². The smallest absolute Gasteiger partial charge is 0.307 e. The molecule has 3 aromatic carbocycles. The van der Waals surface area contributed by atoms with Gasteiger partial charge in [-0.05, 0) is 36.1 Å². The Kier molecular flexibility index (Phi) is 7.44. The lowest BCUT2D eigenvalue weighted by Gasteiger charge is -2.20. The molecule has 0 saturated heterocycles. The standard InChI is InChI=1S/C26H27NO4/c1-18-14-15-23(30-3)22(16-18)27-26(29)25(21-12-8-5-9-13-21)31-24(28)17-19(2)20-10-6-4-7-11-20/h4-16,19,25H,17H2,1-3H3,(H,27,29)/t19-,25-/m0/s1. The van der Waals surface area contributed by atoms with E-state index in [1.807, 2.05) is 74.5 Å². The summed E-state index contributed by atoms with van der Waals surface area (Å²) in [6.45, 7) is 3.89. The molecule has 1 N–H and O–H groups in total. The molecule has 160 valence electrons. The normalized spacial score (nSPS) is 12.5. The van der Waals surface area contributed by atoms with Crippen LogP contribution >= 0.6 is 0 Å². The topological polar surface area (TPSA) is 64.6 Å². The molecule has 0 fully saturated rings. The van der Waals surface area contributed by atoms with E-state index in [-0.39, 0.29) is 12.3 Å². The Morgan fingerprint density at radius 3 is 2.13 bits per heavy atom. The summed E-state index contributed by atoms with van der Waals surface area (Å²) in [4.78, 5) is 25.9. The summed E-state index contributed by atoms with van der Waals surface area (Å²) >= 11 is 0. The van der Waals surface area contributed by atoms with Crippen LogP contribution in [0.1, 0.15) is 42.1 Å². The number of carbonyl (C=O) groups is 2. The Morgan fingerprint density at radius 1 is 0.903 bits per heavy atom. The van der Waals surface area contributed by atoms with Crippen LogP contribution in [0.4, 0.5) is 5.69 Å². The van der Waals surface area contributed by atoms with Crippen LogP contribution in [0.5, 0.6) is 5.75 Å². The van der Waals surface area contributed by atoms with Gasteiger partial charge in [0.25, 0.3) is 5.91 Å². The Balaban J connectivity index is 1.78. The fourth-order valence-electron chi connectivity index (χ4n) is 3.35. The third-order valence-electron chi connectivity index (χ3n) is 5.04. The summed E-state index contributed by atoms with van der Waals surface area (Å²) in [6.07, 6.45) is -0.893. The second kappa shape index (κ2) is 10.4. The molecule has 5 nitrogen and oxygen atoms in total. The van der Waals surface area contributed by atoms with Gasteiger partial charge in [0, 0.05) is 5.56 Å². The van der Waals surface area contributed by atoms with Crippen molar-refractivity contribution in [2.45, 2.75) is 32.3 Å². The Bertz CT molecular complexity index is 1020. The van der Waals surface area contributed by atoms with Crippen LogP contribution < -0.4 is 10.1 Å². The fraction of sp³-hybridized carbons (Fsp3) is 0.231. The molecule has 3 rings (SSSR count). The molecule has 0 aliphatic carbocycles. The highest BCUT2D eigenvalue weighted by Gasteiger charge is 2.26. The molecular formula is C26H27NO4. The van der Waals surface area contributed by atoms with Crippen molar-refractivity contribution in [2.24, 2.45) is 0 Å². The van der Waals surface area contributed by atoms with Gasteiger partial charge in [-0.15, -0.1) is 0 Å². The first-order valence-electron chi connectivity index (χ1n) is 10.2. The maximum absolute atomic E-state index is 13.1. The summed E-state index contributed by atoms with van der Waals surface area (Å²) in [6, 6.07) is 24.3. The van der Waals surface area contributed by atoms with Crippen molar-refractivity contribution in [3.8, 4) is 5.75 Å². The molecule has 0 aromatic heterocycles. The number of nitrogens with one attached hydrogen (secondary N) is 1. The number of aryl methyl sites for hydroxylation is 1. The van der Waals surface area contributed by atoms with E-state index in [2.05, 4.69) is 5.32 Å². The third kappa shape index (κ3) is 5.95. The zero-order valence-electron chi connectivity index (χ0n) is 18.0. The lowest BCUT2D eigenvalue weighted by atomic mass is 9.98. The minimum absolute atomic E-state index is 0.0231. The molecule has 31 heavy (non-hydrogen) atoms. The van der Waals surface area contributed by atoms with E-state index in [1.54, 1.807) is 25.3 Å². The van der Waals surface area contributed by atoms with Crippen LogP contribution in [0.3, 0.4) is 0 Å². The summed E-state index contributed by atoms with van der Waals surface area (Å²) in [5.41, 5.74) is 3.15. The van der Waals surface area contributed by atoms with Gasteiger partial charge < -0.3 is 14.8 Å². The van der Waals surface area contributed by atoms with Crippen LogP contribution in [0.15, 0.2) is 78.9 Å². The molecule has 0 aliphatic heterocycles. The number of benzene rings is 3. The Hall–Kier alpha value is -3.60. The van der Waals surface area contributed by atoms with Gasteiger partial charge in [0.2, 0.25) is 6.10 Å². The second-order valence-corrected chi connectivity index (χ2v) is 7.49. The van der Waals surface area contributed by atoms with Crippen molar-refractivity contribution in [3.63, 3.8) is 0 Å². The molecule has 3 aromatic rings. The van der Waals surface area contributed by atoms with Crippen molar-refractivity contribution in [3.05, 3.63) is 95.6 Å². The minimum Gasteiger partial charge on any atom is -0.495 e. The van der Waals surface area contributed by atoms with E-state index < -0.39 is 18.0 Å². The molecule has 0 radical (unpaired) electrons. The number of rotatable bonds is 8. The lowest BCUT2D eigenvalue weighted by Crippen LogP contribution is -2.26. The monoisotopic (exact) mass is 417 g/mol. The molecule has 0 unspecified atom stereocenters. The molecular weight excluding hydrogens is 390 g/mol. The number of hydrogen-bond donors (Lipinski definition) is 1. The zero-order chi connectivity index (χ0) is 22.2. The first kappa shape index (κ1) is 22.1. The average Bonchev–Trinajstić information content (AvgIpc) is 2.78. The van der Waals surface area contributed by atoms with Gasteiger partial charge in [0.15, 0.2) is 0 Å². The number of anilines is 1. The molecule has 0 aliphatic rings. The zero-order valence-corrected chi connectivity index (χ0v) is 18.0. The SMILES string of the molecule is COc1ccc(C)cc1NC(=O)[C@@H](OC(=O)C[C@H](C)c1ccccc1)c1ccccc1. The molecule has 0 bridgehead atoms. The Morgan fingerprint density at radius 2 is 1.52 bits per heavy atom. The van der Waals surface area contributed by atoms with Crippen LogP contribution in [0.25, 0.3) is 0 Å². The first-order valence-corrected chi connectivity index (χ1v) is 10.2. The largest absolute Gasteiger partial charge is 0.495 e. The van der Waals surface area contributed by atoms with Crippen LogP contribution in [0, 0.1) is 6.92 Å². The van der Waals surface area contributed by atoms with E-state index in [9.17, 15) is 9.59 Å². The van der Waals surface area contributed by atoms with Crippen LogP contribution in [-0.4, -0.2) is 19.0 Å². The van der Waals surface area contributed by atoms with Crippen molar-refractivity contribution < 1.29 is 19.1 Å².